The highest BCUT2D eigenvalue weighted by Crippen LogP contribution is 2.15. The molecule has 20 heavy (non-hydrogen) atoms. The predicted octanol–water partition coefficient (Wildman–Crippen LogP) is 4.85. The van der Waals surface area contributed by atoms with Crippen molar-refractivity contribution < 1.29 is 4.79 Å². The molecule has 0 aliphatic carbocycles. The molecule has 0 heterocycles. The maximum atomic E-state index is 12.2. The minimum absolute atomic E-state index is 0.0471. The molecule has 1 rings (SSSR count). The van der Waals surface area contributed by atoms with Crippen LogP contribution in [0.3, 0.4) is 0 Å². The first-order chi connectivity index (χ1) is 9.66. The Kier molecular flexibility index (Phi) is 7.71. The van der Waals surface area contributed by atoms with Crippen molar-refractivity contribution in [1.29, 1.82) is 0 Å². The molecule has 0 fully saturated rings. The van der Waals surface area contributed by atoms with Gasteiger partial charge in [0.05, 0.1) is 5.70 Å². The van der Waals surface area contributed by atoms with E-state index in [1.165, 1.54) is 32.1 Å². The van der Waals surface area contributed by atoms with E-state index in [1.54, 1.807) is 0 Å². The number of ketones is 1. The summed E-state index contributed by atoms with van der Waals surface area (Å²) in [6, 6.07) is 9.26. The number of Topliss-reactive ketones (excluding diaryl/α,β-unsaturated/α-hetero) is 1. The van der Waals surface area contributed by atoms with E-state index >= 15 is 0 Å². The minimum Gasteiger partial charge on any atom is -0.396 e. The van der Waals surface area contributed by atoms with Crippen LogP contribution in [0.1, 0.15) is 69.2 Å². The first-order valence-electron chi connectivity index (χ1n) is 7.71. The van der Waals surface area contributed by atoms with E-state index in [2.05, 4.69) is 6.92 Å². The van der Waals surface area contributed by atoms with Crippen LogP contribution in [0.2, 0.25) is 0 Å². The molecular formula is C18H27NO. The largest absolute Gasteiger partial charge is 0.396 e. The van der Waals surface area contributed by atoms with Gasteiger partial charge >= 0.3 is 0 Å². The van der Waals surface area contributed by atoms with Crippen LogP contribution in [-0.2, 0) is 0 Å². The van der Waals surface area contributed by atoms with Crippen LogP contribution in [-0.4, -0.2) is 5.78 Å². The van der Waals surface area contributed by atoms with E-state index in [0.717, 1.165) is 18.4 Å². The molecule has 0 aliphatic rings. The monoisotopic (exact) mass is 273 g/mol. The Morgan fingerprint density at radius 3 is 2.25 bits per heavy atom. The van der Waals surface area contributed by atoms with Gasteiger partial charge in [0, 0.05) is 5.56 Å². The molecule has 0 spiro atoms. The van der Waals surface area contributed by atoms with Crippen molar-refractivity contribution in [3.05, 3.63) is 47.2 Å². The van der Waals surface area contributed by atoms with Gasteiger partial charge in [-0.1, -0.05) is 69.4 Å². The number of unbranched alkanes of at least 4 members (excludes halogenated alkanes) is 5. The van der Waals surface area contributed by atoms with Crippen LogP contribution in [0.4, 0.5) is 0 Å². The molecule has 0 radical (unpaired) electrons. The molecule has 0 saturated heterocycles. The smallest absolute Gasteiger partial charge is 0.208 e. The van der Waals surface area contributed by atoms with E-state index in [9.17, 15) is 4.79 Å². The number of hydrogen-bond donors (Lipinski definition) is 1. The van der Waals surface area contributed by atoms with Crippen molar-refractivity contribution in [2.45, 2.75) is 58.8 Å². The number of carbonyl (C=O) groups excluding carboxylic acids is 1. The fraction of sp³-hybridized carbons (Fsp3) is 0.500. The molecule has 0 atom stereocenters. The fourth-order valence-electron chi connectivity index (χ4n) is 2.24. The summed E-state index contributed by atoms with van der Waals surface area (Å²) < 4.78 is 0. The summed E-state index contributed by atoms with van der Waals surface area (Å²) in [5.74, 6) is -0.0471. The number of allylic oxidation sites excluding steroid dienone is 2. The van der Waals surface area contributed by atoms with Gasteiger partial charge in [0.2, 0.25) is 5.78 Å². The van der Waals surface area contributed by atoms with E-state index < -0.39 is 0 Å². The number of benzene rings is 1. The molecule has 0 saturated carbocycles. The summed E-state index contributed by atoms with van der Waals surface area (Å²) in [7, 11) is 0. The number of hydrogen-bond acceptors (Lipinski definition) is 2. The zero-order chi connectivity index (χ0) is 14.8. The number of nitrogens with two attached hydrogens (primary N) is 1. The summed E-state index contributed by atoms with van der Waals surface area (Å²) in [4.78, 5) is 12.2. The first kappa shape index (κ1) is 16.5. The second-order valence-corrected chi connectivity index (χ2v) is 5.41. The third-order valence-electron chi connectivity index (χ3n) is 3.65. The van der Waals surface area contributed by atoms with E-state index in [0.29, 0.717) is 11.3 Å². The highest BCUT2D eigenvalue weighted by molar-refractivity contribution is 6.08. The second kappa shape index (κ2) is 9.35. The quantitative estimate of drug-likeness (QED) is 0.397. The topological polar surface area (TPSA) is 43.1 Å². The molecule has 0 unspecified atom stereocenters. The zero-order valence-electron chi connectivity index (χ0n) is 12.8. The fourth-order valence-corrected chi connectivity index (χ4v) is 2.24. The van der Waals surface area contributed by atoms with Crippen molar-refractivity contribution in [3.8, 4) is 0 Å². The molecule has 1 aromatic rings. The Bertz CT molecular complexity index is 434. The Morgan fingerprint density at radius 1 is 1.00 bits per heavy atom. The highest BCUT2D eigenvalue weighted by Gasteiger charge is 2.10. The average Bonchev–Trinajstić information content (AvgIpc) is 2.50. The molecule has 2 heteroatoms. The van der Waals surface area contributed by atoms with Crippen molar-refractivity contribution in [3.63, 3.8) is 0 Å². The van der Waals surface area contributed by atoms with Gasteiger partial charge in [-0.15, -0.1) is 0 Å². The minimum atomic E-state index is -0.0471. The predicted molar refractivity (Wildman–Crippen MR) is 85.7 cm³/mol. The van der Waals surface area contributed by atoms with Gasteiger partial charge in [-0.2, -0.15) is 0 Å². The van der Waals surface area contributed by atoms with Crippen LogP contribution in [0.25, 0.3) is 0 Å². The van der Waals surface area contributed by atoms with Crippen LogP contribution < -0.4 is 5.73 Å². The Morgan fingerprint density at radius 2 is 1.60 bits per heavy atom. The standard InChI is InChI=1S/C18H27NO/c1-3-4-5-6-7-9-12-15(2)17(19)18(20)16-13-10-8-11-14-16/h8,10-11,13-14H,3-7,9,12,19H2,1-2H3. The maximum Gasteiger partial charge on any atom is 0.208 e. The summed E-state index contributed by atoms with van der Waals surface area (Å²) >= 11 is 0. The molecule has 0 bridgehead atoms. The van der Waals surface area contributed by atoms with E-state index in [4.69, 9.17) is 5.73 Å². The van der Waals surface area contributed by atoms with Crippen LogP contribution in [0.15, 0.2) is 41.6 Å². The third kappa shape index (κ3) is 5.60. The lowest BCUT2D eigenvalue weighted by Crippen LogP contribution is -2.14. The molecule has 1 aromatic carbocycles. The van der Waals surface area contributed by atoms with E-state index in [-0.39, 0.29) is 5.78 Å². The normalized spacial score (nSPS) is 12.1. The van der Waals surface area contributed by atoms with Crippen molar-refractivity contribution in [1.82, 2.24) is 0 Å². The highest BCUT2D eigenvalue weighted by atomic mass is 16.1. The third-order valence-corrected chi connectivity index (χ3v) is 3.65. The Balaban J connectivity index is 2.43. The number of carbonyl (C=O) groups is 1. The van der Waals surface area contributed by atoms with Gasteiger partial charge in [-0.05, 0) is 25.3 Å². The van der Waals surface area contributed by atoms with Gasteiger partial charge in [-0.25, -0.2) is 0 Å². The molecule has 0 amide bonds. The van der Waals surface area contributed by atoms with Crippen molar-refractivity contribution >= 4 is 5.78 Å². The maximum absolute atomic E-state index is 12.2. The van der Waals surface area contributed by atoms with Gasteiger partial charge in [0.1, 0.15) is 0 Å². The van der Waals surface area contributed by atoms with E-state index in [1.807, 2.05) is 37.3 Å². The Hall–Kier alpha value is -1.57. The van der Waals surface area contributed by atoms with Gasteiger partial charge in [0.25, 0.3) is 0 Å². The summed E-state index contributed by atoms with van der Waals surface area (Å²) in [6.07, 6.45) is 8.48. The van der Waals surface area contributed by atoms with Crippen LogP contribution in [0.5, 0.6) is 0 Å². The lowest BCUT2D eigenvalue weighted by atomic mass is 10.0. The molecule has 2 nitrogen and oxygen atoms in total. The molecule has 110 valence electrons. The first-order valence-corrected chi connectivity index (χ1v) is 7.71. The van der Waals surface area contributed by atoms with Crippen LogP contribution in [0, 0.1) is 0 Å². The van der Waals surface area contributed by atoms with Gasteiger partial charge < -0.3 is 5.73 Å². The SMILES string of the molecule is CCCCCCCCC(C)=C(N)C(=O)c1ccccc1. The molecule has 2 N–H and O–H groups in total. The van der Waals surface area contributed by atoms with Gasteiger partial charge in [-0.3, -0.25) is 4.79 Å². The average molecular weight is 273 g/mol. The molecule has 0 aromatic heterocycles. The Labute approximate surface area is 123 Å². The molecular weight excluding hydrogens is 246 g/mol. The lowest BCUT2D eigenvalue weighted by molar-refractivity contribution is 0.103. The summed E-state index contributed by atoms with van der Waals surface area (Å²) in [5, 5.41) is 0. The number of rotatable bonds is 9. The second-order valence-electron chi connectivity index (χ2n) is 5.41. The summed E-state index contributed by atoms with van der Waals surface area (Å²) in [6.45, 7) is 4.20. The van der Waals surface area contributed by atoms with Crippen molar-refractivity contribution in [2.75, 3.05) is 0 Å². The lowest BCUT2D eigenvalue weighted by Gasteiger charge is -2.07. The zero-order valence-corrected chi connectivity index (χ0v) is 12.8. The van der Waals surface area contributed by atoms with Gasteiger partial charge in [0.15, 0.2) is 0 Å². The summed E-state index contributed by atoms with van der Waals surface area (Å²) in [5.41, 5.74) is 8.10. The van der Waals surface area contributed by atoms with Crippen molar-refractivity contribution in [2.24, 2.45) is 5.73 Å². The molecule has 0 aliphatic heterocycles. The van der Waals surface area contributed by atoms with Crippen LogP contribution >= 0.6 is 0 Å².